The monoisotopic (exact) mass is 210 g/mol. The second-order valence-electron chi connectivity index (χ2n) is 3.13. The molecule has 1 nitrogen and oxygen atoms in total. The minimum atomic E-state index is 0.718. The van der Waals surface area contributed by atoms with E-state index in [0.29, 0.717) is 0 Å². The molecule has 1 aromatic rings. The van der Waals surface area contributed by atoms with Crippen LogP contribution in [-0.2, 0) is 4.74 Å². The molecule has 0 atom stereocenters. The maximum atomic E-state index is 5.77. The molecule has 0 amide bonds. The molecule has 1 rings (SSSR count). The first-order chi connectivity index (χ1) is 6.74. The third kappa shape index (κ3) is 3.43. The second kappa shape index (κ2) is 5.71. The van der Waals surface area contributed by atoms with Gasteiger partial charge in [-0.1, -0.05) is 31.5 Å². The number of rotatable bonds is 5. The minimum Gasteiger partial charge on any atom is -0.494 e. The molecule has 0 heterocycles. The van der Waals surface area contributed by atoms with Crippen molar-refractivity contribution in [1.29, 1.82) is 0 Å². The zero-order valence-electron chi connectivity index (χ0n) is 8.42. The molecule has 0 unspecified atom stereocenters. The van der Waals surface area contributed by atoms with Crippen LogP contribution >= 0.6 is 11.6 Å². The van der Waals surface area contributed by atoms with Gasteiger partial charge in [0.1, 0.15) is 5.76 Å². The van der Waals surface area contributed by atoms with Crippen molar-refractivity contribution in [3.05, 3.63) is 41.4 Å². The number of ether oxygens (including phenoxy) is 1. The zero-order chi connectivity index (χ0) is 10.4. The van der Waals surface area contributed by atoms with Gasteiger partial charge in [-0.25, -0.2) is 0 Å². The summed E-state index contributed by atoms with van der Waals surface area (Å²) in [6.07, 6.45) is 2.19. The van der Waals surface area contributed by atoms with E-state index in [-0.39, 0.29) is 0 Å². The van der Waals surface area contributed by atoms with Gasteiger partial charge in [-0.15, -0.1) is 0 Å². The Bertz CT molecular complexity index is 290. The van der Waals surface area contributed by atoms with Crippen molar-refractivity contribution in [1.82, 2.24) is 0 Å². The van der Waals surface area contributed by atoms with E-state index in [1.54, 1.807) is 0 Å². The molecule has 0 saturated carbocycles. The topological polar surface area (TPSA) is 9.23 Å². The Hall–Kier alpha value is -0.950. The summed E-state index contributed by atoms with van der Waals surface area (Å²) in [6, 6.07) is 7.50. The Morgan fingerprint density at radius 2 is 2.00 bits per heavy atom. The van der Waals surface area contributed by atoms with Crippen LogP contribution in [-0.4, -0.2) is 6.61 Å². The maximum Gasteiger partial charge on any atom is 0.119 e. The van der Waals surface area contributed by atoms with Crippen LogP contribution in [0.5, 0.6) is 0 Å². The first-order valence-electron chi connectivity index (χ1n) is 4.81. The van der Waals surface area contributed by atoms with Crippen LogP contribution < -0.4 is 0 Å². The van der Waals surface area contributed by atoms with Gasteiger partial charge in [0, 0.05) is 10.6 Å². The molecule has 0 aromatic heterocycles. The molecule has 76 valence electrons. The SMILES string of the molecule is C=C(OCCCC)c1ccc(Cl)cc1. The van der Waals surface area contributed by atoms with Crippen LogP contribution in [0.3, 0.4) is 0 Å². The maximum absolute atomic E-state index is 5.77. The summed E-state index contributed by atoms with van der Waals surface area (Å²) in [6.45, 7) is 6.73. The van der Waals surface area contributed by atoms with E-state index in [2.05, 4.69) is 13.5 Å². The van der Waals surface area contributed by atoms with Crippen LogP contribution in [0, 0.1) is 0 Å². The van der Waals surface area contributed by atoms with E-state index in [1.807, 2.05) is 24.3 Å². The van der Waals surface area contributed by atoms with Crippen molar-refractivity contribution < 1.29 is 4.74 Å². The first-order valence-corrected chi connectivity index (χ1v) is 5.19. The Morgan fingerprint density at radius 1 is 1.36 bits per heavy atom. The molecule has 0 spiro atoms. The quantitative estimate of drug-likeness (QED) is 0.525. The summed E-state index contributed by atoms with van der Waals surface area (Å²) in [7, 11) is 0. The smallest absolute Gasteiger partial charge is 0.119 e. The van der Waals surface area contributed by atoms with Crippen LogP contribution in [0.15, 0.2) is 30.8 Å². The lowest BCUT2D eigenvalue weighted by Gasteiger charge is -2.08. The van der Waals surface area contributed by atoms with Crippen molar-refractivity contribution >= 4 is 17.4 Å². The van der Waals surface area contributed by atoms with Gasteiger partial charge in [0.05, 0.1) is 6.61 Å². The summed E-state index contributed by atoms with van der Waals surface area (Å²) in [5.41, 5.74) is 0.991. The number of hydrogen-bond acceptors (Lipinski definition) is 1. The molecule has 0 aliphatic rings. The summed E-state index contributed by atoms with van der Waals surface area (Å²) in [4.78, 5) is 0. The molecule has 0 aliphatic carbocycles. The van der Waals surface area contributed by atoms with E-state index in [9.17, 15) is 0 Å². The summed E-state index contributed by atoms with van der Waals surface area (Å²) >= 11 is 5.77. The molecular weight excluding hydrogens is 196 g/mol. The lowest BCUT2D eigenvalue weighted by molar-refractivity contribution is 0.271. The highest BCUT2D eigenvalue weighted by Gasteiger charge is 1.98. The van der Waals surface area contributed by atoms with Gasteiger partial charge in [-0.3, -0.25) is 0 Å². The predicted octanol–water partition coefficient (Wildman–Crippen LogP) is 4.13. The molecule has 0 aliphatic heterocycles. The van der Waals surface area contributed by atoms with Crippen LogP contribution in [0.4, 0.5) is 0 Å². The Balaban J connectivity index is 2.48. The average molecular weight is 211 g/mol. The minimum absolute atomic E-state index is 0.718. The van der Waals surface area contributed by atoms with Gasteiger partial charge in [0.2, 0.25) is 0 Å². The van der Waals surface area contributed by atoms with Gasteiger partial charge >= 0.3 is 0 Å². The highest BCUT2D eigenvalue weighted by Crippen LogP contribution is 2.17. The second-order valence-corrected chi connectivity index (χ2v) is 3.57. The standard InChI is InChI=1S/C12H15ClO/c1-3-4-9-14-10(2)11-5-7-12(13)8-6-11/h5-8H,2-4,9H2,1H3. The fourth-order valence-corrected chi connectivity index (χ4v) is 1.18. The van der Waals surface area contributed by atoms with E-state index >= 15 is 0 Å². The highest BCUT2D eigenvalue weighted by atomic mass is 35.5. The first kappa shape index (κ1) is 11.1. The Kier molecular flexibility index (Phi) is 4.54. The molecule has 1 aromatic carbocycles. The number of benzene rings is 1. The summed E-state index contributed by atoms with van der Waals surface area (Å²) in [5.74, 6) is 0.718. The molecule has 0 saturated heterocycles. The van der Waals surface area contributed by atoms with Crippen LogP contribution in [0.1, 0.15) is 25.3 Å². The largest absolute Gasteiger partial charge is 0.494 e. The van der Waals surface area contributed by atoms with Crippen LogP contribution in [0.25, 0.3) is 5.76 Å². The van der Waals surface area contributed by atoms with Gasteiger partial charge < -0.3 is 4.74 Å². The van der Waals surface area contributed by atoms with Crippen molar-refractivity contribution in [2.45, 2.75) is 19.8 Å². The average Bonchev–Trinajstić information content (AvgIpc) is 2.19. The third-order valence-corrected chi connectivity index (χ3v) is 2.19. The van der Waals surface area contributed by atoms with E-state index in [0.717, 1.165) is 35.8 Å². The van der Waals surface area contributed by atoms with Gasteiger partial charge in [-0.2, -0.15) is 0 Å². The zero-order valence-corrected chi connectivity index (χ0v) is 9.18. The summed E-state index contributed by atoms with van der Waals surface area (Å²) in [5, 5.41) is 0.732. The predicted molar refractivity (Wildman–Crippen MR) is 61.3 cm³/mol. The van der Waals surface area contributed by atoms with Crippen molar-refractivity contribution in [3.63, 3.8) is 0 Å². The number of halogens is 1. The Morgan fingerprint density at radius 3 is 2.57 bits per heavy atom. The molecule has 0 N–H and O–H groups in total. The summed E-state index contributed by atoms with van der Waals surface area (Å²) < 4.78 is 5.47. The highest BCUT2D eigenvalue weighted by molar-refractivity contribution is 6.30. The normalized spacial score (nSPS) is 9.86. The van der Waals surface area contributed by atoms with E-state index in [4.69, 9.17) is 16.3 Å². The molecular formula is C12H15ClO. The van der Waals surface area contributed by atoms with Crippen molar-refractivity contribution in [3.8, 4) is 0 Å². The molecule has 0 radical (unpaired) electrons. The van der Waals surface area contributed by atoms with Gasteiger partial charge in [0.25, 0.3) is 0 Å². The molecule has 2 heteroatoms. The van der Waals surface area contributed by atoms with Gasteiger partial charge in [-0.05, 0) is 30.7 Å². The number of hydrogen-bond donors (Lipinski definition) is 0. The molecule has 0 fully saturated rings. The lowest BCUT2D eigenvalue weighted by Crippen LogP contribution is -1.92. The fourth-order valence-electron chi connectivity index (χ4n) is 1.06. The van der Waals surface area contributed by atoms with E-state index in [1.165, 1.54) is 0 Å². The number of unbranched alkanes of at least 4 members (excludes halogenated alkanes) is 1. The Labute approximate surface area is 90.3 Å². The molecule has 0 bridgehead atoms. The lowest BCUT2D eigenvalue weighted by atomic mass is 10.2. The van der Waals surface area contributed by atoms with Crippen LogP contribution in [0.2, 0.25) is 5.02 Å². The van der Waals surface area contributed by atoms with Gasteiger partial charge in [0.15, 0.2) is 0 Å². The molecule has 14 heavy (non-hydrogen) atoms. The van der Waals surface area contributed by atoms with Crippen molar-refractivity contribution in [2.24, 2.45) is 0 Å². The third-order valence-electron chi connectivity index (χ3n) is 1.94. The van der Waals surface area contributed by atoms with Crippen molar-refractivity contribution in [2.75, 3.05) is 6.61 Å². The fraction of sp³-hybridized carbons (Fsp3) is 0.333. The van der Waals surface area contributed by atoms with E-state index < -0.39 is 0 Å².